The number of hydrogen-bond acceptors (Lipinski definition) is 4. The Kier molecular flexibility index (Phi) is 5.61. The van der Waals surface area contributed by atoms with Gasteiger partial charge in [-0.05, 0) is 38.8 Å². The number of para-hydroxylation sites is 1. The first-order valence-corrected chi connectivity index (χ1v) is 10.3. The van der Waals surface area contributed by atoms with E-state index in [0.29, 0.717) is 19.4 Å². The normalized spacial score (nSPS) is 18.6. The van der Waals surface area contributed by atoms with E-state index in [1.807, 2.05) is 13.8 Å². The molecule has 1 aliphatic rings. The van der Waals surface area contributed by atoms with Crippen LogP contribution in [0.2, 0.25) is 0 Å². The summed E-state index contributed by atoms with van der Waals surface area (Å²) in [6, 6.07) is 6.00. The smallest absolute Gasteiger partial charge is 0.262 e. The molecule has 1 saturated heterocycles. The van der Waals surface area contributed by atoms with Gasteiger partial charge in [0, 0.05) is 25.3 Å². The summed E-state index contributed by atoms with van der Waals surface area (Å²) in [5.74, 6) is -1.45. The van der Waals surface area contributed by atoms with Crippen LogP contribution in [0.25, 0.3) is 0 Å². The third-order valence-electron chi connectivity index (χ3n) is 4.66. The standard InChI is InChI=1S/C18H23FN4O3S/c1-13(2)22-11-17(20-12-22)27(25,26)23-9-5-6-14(10-23)18(24)21-16-8-4-3-7-15(16)19/h3-4,7-8,11-14H,5-6,9-10H2,1-2H3,(H,21,24)/t14-/m1/s1. The minimum Gasteiger partial charge on any atom is -0.334 e. The van der Waals surface area contributed by atoms with E-state index >= 15 is 0 Å². The monoisotopic (exact) mass is 394 g/mol. The van der Waals surface area contributed by atoms with Gasteiger partial charge < -0.3 is 9.88 Å². The van der Waals surface area contributed by atoms with E-state index in [-0.39, 0.29) is 29.2 Å². The molecule has 0 saturated carbocycles. The summed E-state index contributed by atoms with van der Waals surface area (Å²) in [4.78, 5) is 16.5. The molecule has 1 aliphatic heterocycles. The van der Waals surface area contributed by atoms with Gasteiger partial charge in [-0.25, -0.2) is 17.8 Å². The van der Waals surface area contributed by atoms with Gasteiger partial charge >= 0.3 is 0 Å². The lowest BCUT2D eigenvalue weighted by Gasteiger charge is -2.30. The fraction of sp³-hybridized carbons (Fsp3) is 0.444. The van der Waals surface area contributed by atoms with E-state index in [4.69, 9.17) is 0 Å². The number of sulfonamides is 1. The van der Waals surface area contributed by atoms with Gasteiger partial charge in [0.15, 0.2) is 5.03 Å². The second kappa shape index (κ2) is 7.77. The van der Waals surface area contributed by atoms with Gasteiger partial charge in [-0.15, -0.1) is 0 Å². The molecule has 1 atom stereocenters. The Hall–Kier alpha value is -2.26. The molecule has 2 heterocycles. The molecule has 146 valence electrons. The lowest BCUT2D eigenvalue weighted by Crippen LogP contribution is -2.43. The summed E-state index contributed by atoms with van der Waals surface area (Å²) in [7, 11) is -3.77. The quantitative estimate of drug-likeness (QED) is 0.845. The Balaban J connectivity index is 1.73. The van der Waals surface area contributed by atoms with Crippen LogP contribution in [0.1, 0.15) is 32.7 Å². The zero-order valence-electron chi connectivity index (χ0n) is 15.3. The third-order valence-corrected chi connectivity index (χ3v) is 6.42. The van der Waals surface area contributed by atoms with Crippen LogP contribution in [0.5, 0.6) is 0 Å². The summed E-state index contributed by atoms with van der Waals surface area (Å²) < 4.78 is 42.5. The maximum absolute atomic E-state index is 13.7. The Morgan fingerprint density at radius 2 is 2.07 bits per heavy atom. The minimum atomic E-state index is -3.77. The van der Waals surface area contributed by atoms with Crippen LogP contribution in [0.3, 0.4) is 0 Å². The van der Waals surface area contributed by atoms with Crippen LogP contribution in [0, 0.1) is 11.7 Å². The first-order valence-electron chi connectivity index (χ1n) is 8.88. The number of carbonyl (C=O) groups is 1. The second-order valence-corrected chi connectivity index (χ2v) is 8.81. The van der Waals surface area contributed by atoms with Gasteiger partial charge in [-0.2, -0.15) is 4.31 Å². The molecular formula is C18H23FN4O3S. The van der Waals surface area contributed by atoms with Crippen LogP contribution in [-0.2, 0) is 14.8 Å². The van der Waals surface area contributed by atoms with E-state index < -0.39 is 21.8 Å². The van der Waals surface area contributed by atoms with Gasteiger partial charge in [0.1, 0.15) is 5.82 Å². The number of piperidine rings is 1. The number of anilines is 1. The highest BCUT2D eigenvalue weighted by Crippen LogP contribution is 2.25. The van der Waals surface area contributed by atoms with E-state index in [2.05, 4.69) is 10.3 Å². The molecule has 27 heavy (non-hydrogen) atoms. The molecule has 1 N–H and O–H groups in total. The lowest BCUT2D eigenvalue weighted by molar-refractivity contribution is -0.120. The highest BCUT2D eigenvalue weighted by molar-refractivity contribution is 7.89. The molecule has 0 spiro atoms. The van der Waals surface area contributed by atoms with Crippen LogP contribution in [0.4, 0.5) is 10.1 Å². The van der Waals surface area contributed by atoms with Crippen molar-refractivity contribution in [3.05, 3.63) is 42.6 Å². The van der Waals surface area contributed by atoms with E-state index in [0.717, 1.165) is 0 Å². The Labute approximate surface area is 158 Å². The van der Waals surface area contributed by atoms with E-state index in [1.165, 1.54) is 35.0 Å². The average molecular weight is 394 g/mol. The first kappa shape index (κ1) is 19.5. The number of nitrogens with zero attached hydrogens (tertiary/aromatic N) is 3. The number of amides is 1. The highest BCUT2D eigenvalue weighted by atomic mass is 32.2. The highest BCUT2D eigenvalue weighted by Gasteiger charge is 2.34. The maximum Gasteiger partial charge on any atom is 0.262 e. The zero-order valence-corrected chi connectivity index (χ0v) is 16.1. The number of carbonyl (C=O) groups excluding carboxylic acids is 1. The van der Waals surface area contributed by atoms with Crippen LogP contribution < -0.4 is 5.32 Å². The zero-order chi connectivity index (χ0) is 19.6. The fourth-order valence-corrected chi connectivity index (χ4v) is 4.48. The van der Waals surface area contributed by atoms with Crippen molar-refractivity contribution in [2.75, 3.05) is 18.4 Å². The Bertz CT molecular complexity index is 926. The Morgan fingerprint density at radius 3 is 2.74 bits per heavy atom. The van der Waals surface area contributed by atoms with Crippen molar-refractivity contribution in [3.8, 4) is 0 Å². The van der Waals surface area contributed by atoms with E-state index in [9.17, 15) is 17.6 Å². The van der Waals surface area contributed by atoms with Crippen molar-refractivity contribution in [3.63, 3.8) is 0 Å². The summed E-state index contributed by atoms with van der Waals surface area (Å²) in [5.41, 5.74) is 0.0955. The molecule has 2 aromatic rings. The van der Waals surface area contributed by atoms with Crippen molar-refractivity contribution >= 4 is 21.6 Å². The molecule has 1 aromatic carbocycles. The molecular weight excluding hydrogens is 371 g/mol. The Morgan fingerprint density at radius 1 is 1.33 bits per heavy atom. The summed E-state index contributed by atoms with van der Waals surface area (Å²) in [6.45, 7) is 4.25. The molecule has 0 radical (unpaired) electrons. The molecule has 9 heteroatoms. The second-order valence-electron chi connectivity index (χ2n) is 6.92. The fourth-order valence-electron chi connectivity index (χ4n) is 3.04. The maximum atomic E-state index is 13.7. The molecule has 7 nitrogen and oxygen atoms in total. The summed E-state index contributed by atoms with van der Waals surface area (Å²) in [6.07, 6.45) is 4.10. The molecule has 1 fully saturated rings. The number of hydrogen-bond donors (Lipinski definition) is 1. The number of aromatic nitrogens is 2. The topological polar surface area (TPSA) is 84.3 Å². The first-order chi connectivity index (χ1) is 12.8. The SMILES string of the molecule is CC(C)n1cnc(S(=O)(=O)N2CCC[C@@H](C(=O)Nc3ccccc3F)C2)c1. The van der Waals surface area contributed by atoms with Crippen molar-refractivity contribution < 1.29 is 17.6 Å². The largest absolute Gasteiger partial charge is 0.334 e. The van der Waals surface area contributed by atoms with Crippen LogP contribution >= 0.6 is 0 Å². The van der Waals surface area contributed by atoms with Crippen LogP contribution in [-0.4, -0.2) is 41.3 Å². The van der Waals surface area contributed by atoms with Crippen molar-refractivity contribution in [1.82, 2.24) is 13.9 Å². The number of halogens is 1. The van der Waals surface area contributed by atoms with E-state index in [1.54, 1.807) is 10.6 Å². The molecule has 0 aliphatic carbocycles. The number of benzene rings is 1. The predicted molar refractivity (Wildman–Crippen MR) is 99.1 cm³/mol. The molecule has 0 unspecified atom stereocenters. The van der Waals surface area contributed by atoms with Gasteiger partial charge in [-0.1, -0.05) is 12.1 Å². The molecule has 3 rings (SSSR count). The number of nitrogens with one attached hydrogen (secondary N) is 1. The van der Waals surface area contributed by atoms with Gasteiger partial charge in [0.2, 0.25) is 5.91 Å². The number of imidazole rings is 1. The molecule has 0 bridgehead atoms. The summed E-state index contributed by atoms with van der Waals surface area (Å²) in [5, 5.41) is 2.53. The van der Waals surface area contributed by atoms with Crippen molar-refractivity contribution in [1.29, 1.82) is 0 Å². The number of rotatable bonds is 5. The van der Waals surface area contributed by atoms with Gasteiger partial charge in [0.25, 0.3) is 10.0 Å². The average Bonchev–Trinajstić information content (AvgIpc) is 3.15. The van der Waals surface area contributed by atoms with Gasteiger partial charge in [-0.3, -0.25) is 4.79 Å². The minimum absolute atomic E-state index is 0.0219. The lowest BCUT2D eigenvalue weighted by atomic mass is 9.98. The predicted octanol–water partition coefficient (Wildman–Crippen LogP) is 2.64. The third kappa shape index (κ3) is 4.19. The summed E-state index contributed by atoms with van der Waals surface area (Å²) >= 11 is 0. The molecule has 1 aromatic heterocycles. The van der Waals surface area contributed by atoms with Crippen LogP contribution in [0.15, 0.2) is 41.8 Å². The van der Waals surface area contributed by atoms with Crippen molar-refractivity contribution in [2.24, 2.45) is 5.92 Å². The van der Waals surface area contributed by atoms with Crippen molar-refractivity contribution in [2.45, 2.75) is 37.8 Å². The molecule has 1 amide bonds. The van der Waals surface area contributed by atoms with Gasteiger partial charge in [0.05, 0.1) is 17.9 Å².